The van der Waals surface area contributed by atoms with E-state index in [-0.39, 0.29) is 16.4 Å². The molecule has 0 aromatic heterocycles. The number of nitrogens with two attached hydrogens (primary N) is 1. The molecule has 24 heavy (non-hydrogen) atoms. The maximum Gasteiger partial charge on any atom is 0.337 e. The lowest BCUT2D eigenvalue weighted by Gasteiger charge is -2.27. The molecule has 1 unspecified atom stereocenters. The molecule has 2 rings (SSSR count). The number of benzene rings is 1. The van der Waals surface area contributed by atoms with Crippen molar-refractivity contribution in [1.82, 2.24) is 0 Å². The lowest BCUT2D eigenvalue weighted by Crippen LogP contribution is -2.29. The highest BCUT2D eigenvalue weighted by atomic mass is 32.2. The van der Waals surface area contributed by atoms with E-state index in [4.69, 9.17) is 10.5 Å². The van der Waals surface area contributed by atoms with E-state index in [0.717, 1.165) is 11.8 Å². The van der Waals surface area contributed by atoms with E-state index in [2.05, 4.69) is 4.99 Å². The minimum absolute atomic E-state index is 0.0708. The summed E-state index contributed by atoms with van der Waals surface area (Å²) < 4.78 is 5.44. The Labute approximate surface area is 144 Å². The monoisotopic (exact) mass is 349 g/mol. The molecule has 0 fully saturated rings. The summed E-state index contributed by atoms with van der Waals surface area (Å²) in [6, 6.07) is 6.29. The molecule has 0 saturated carbocycles. The van der Waals surface area contributed by atoms with Crippen LogP contribution in [0, 0.1) is 10.1 Å². The third-order valence-electron chi connectivity index (χ3n) is 3.20. The molecular formula is C16H19N3O4S. The van der Waals surface area contributed by atoms with Crippen molar-refractivity contribution in [2.75, 3.05) is 0 Å². The number of esters is 1. The second-order valence-corrected chi connectivity index (χ2v) is 7.39. The molecular weight excluding hydrogens is 330 g/mol. The second-order valence-electron chi connectivity index (χ2n) is 6.26. The van der Waals surface area contributed by atoms with Crippen LogP contribution in [0.4, 0.5) is 5.69 Å². The molecule has 1 heterocycles. The van der Waals surface area contributed by atoms with Gasteiger partial charge < -0.3 is 10.5 Å². The fourth-order valence-electron chi connectivity index (χ4n) is 2.30. The molecule has 128 valence electrons. The number of hydrogen-bond donors (Lipinski definition) is 1. The van der Waals surface area contributed by atoms with E-state index in [1.807, 2.05) is 0 Å². The second kappa shape index (κ2) is 6.64. The van der Waals surface area contributed by atoms with Crippen LogP contribution in [0.1, 0.15) is 38.5 Å². The Morgan fingerprint density at radius 3 is 2.58 bits per heavy atom. The van der Waals surface area contributed by atoms with Crippen LogP contribution in [0.15, 0.2) is 40.5 Å². The Hall–Kier alpha value is -2.35. The molecule has 0 spiro atoms. The third kappa shape index (κ3) is 3.94. The zero-order valence-corrected chi connectivity index (χ0v) is 14.7. The molecule has 0 saturated heterocycles. The zero-order valence-electron chi connectivity index (χ0n) is 13.9. The SMILES string of the molecule is CC1=C(C(=O)OC(C)(C)C)C(c2ccccc2[N+](=O)[O-])SC(N)=N1. The largest absolute Gasteiger partial charge is 0.457 e. The number of nitro groups is 1. The van der Waals surface area contributed by atoms with Crippen molar-refractivity contribution in [2.24, 2.45) is 10.7 Å². The number of carbonyl (C=O) groups is 1. The Morgan fingerprint density at radius 1 is 1.38 bits per heavy atom. The summed E-state index contributed by atoms with van der Waals surface area (Å²) in [4.78, 5) is 27.6. The Balaban J connectivity index is 2.55. The number of hydrogen-bond acceptors (Lipinski definition) is 7. The first-order valence-electron chi connectivity index (χ1n) is 7.28. The van der Waals surface area contributed by atoms with Crippen molar-refractivity contribution in [3.63, 3.8) is 0 Å². The number of ether oxygens (including phenoxy) is 1. The Morgan fingerprint density at radius 2 is 2.00 bits per heavy atom. The molecule has 1 atom stereocenters. The summed E-state index contributed by atoms with van der Waals surface area (Å²) in [5, 5.41) is 10.9. The molecule has 7 nitrogen and oxygen atoms in total. The number of rotatable bonds is 3. The molecule has 1 aromatic carbocycles. The van der Waals surface area contributed by atoms with E-state index in [0.29, 0.717) is 11.3 Å². The highest BCUT2D eigenvalue weighted by molar-refractivity contribution is 8.14. The number of para-hydroxylation sites is 1. The molecule has 8 heteroatoms. The van der Waals surface area contributed by atoms with Crippen molar-refractivity contribution < 1.29 is 14.5 Å². The summed E-state index contributed by atoms with van der Waals surface area (Å²) in [7, 11) is 0. The summed E-state index contributed by atoms with van der Waals surface area (Å²) in [6.07, 6.45) is 0. The van der Waals surface area contributed by atoms with Gasteiger partial charge in [-0.15, -0.1) is 0 Å². The van der Waals surface area contributed by atoms with Crippen LogP contribution in [0.2, 0.25) is 0 Å². The van der Waals surface area contributed by atoms with Gasteiger partial charge in [0.25, 0.3) is 5.69 Å². The van der Waals surface area contributed by atoms with Gasteiger partial charge in [0.2, 0.25) is 0 Å². The molecule has 1 aliphatic heterocycles. The van der Waals surface area contributed by atoms with Crippen LogP contribution < -0.4 is 5.73 Å². The van der Waals surface area contributed by atoms with Gasteiger partial charge in [0.1, 0.15) is 5.60 Å². The fourth-order valence-corrected chi connectivity index (χ4v) is 3.45. The third-order valence-corrected chi connectivity index (χ3v) is 4.26. The normalized spacial score (nSPS) is 18.2. The van der Waals surface area contributed by atoms with Crippen LogP contribution in [-0.2, 0) is 9.53 Å². The zero-order chi connectivity index (χ0) is 18.1. The number of nitro benzene ring substituents is 1. The average Bonchev–Trinajstić information content (AvgIpc) is 2.44. The maximum atomic E-state index is 12.6. The highest BCUT2D eigenvalue weighted by Gasteiger charge is 2.36. The van der Waals surface area contributed by atoms with Crippen LogP contribution >= 0.6 is 11.8 Å². The van der Waals surface area contributed by atoms with Gasteiger partial charge in [-0.05, 0) is 27.7 Å². The fraction of sp³-hybridized carbons (Fsp3) is 0.375. The van der Waals surface area contributed by atoms with E-state index in [9.17, 15) is 14.9 Å². The van der Waals surface area contributed by atoms with Gasteiger partial charge in [0.15, 0.2) is 5.17 Å². The molecule has 1 aromatic rings. The predicted octanol–water partition coefficient (Wildman–Crippen LogP) is 3.31. The summed E-state index contributed by atoms with van der Waals surface area (Å²) >= 11 is 1.10. The standard InChI is InChI=1S/C16H19N3O4S/c1-9-12(14(20)23-16(2,3)4)13(24-15(17)18-9)10-7-5-6-8-11(10)19(21)22/h5-8,13H,1-4H3,(H2,17,18). The molecule has 0 bridgehead atoms. The molecule has 0 radical (unpaired) electrons. The van der Waals surface area contributed by atoms with Crippen LogP contribution in [0.25, 0.3) is 0 Å². The smallest absolute Gasteiger partial charge is 0.337 e. The first-order valence-corrected chi connectivity index (χ1v) is 8.16. The summed E-state index contributed by atoms with van der Waals surface area (Å²) in [5.74, 6) is -0.549. The van der Waals surface area contributed by atoms with Gasteiger partial charge in [0.05, 0.1) is 21.4 Å². The van der Waals surface area contributed by atoms with Gasteiger partial charge in [-0.2, -0.15) is 0 Å². The molecule has 0 amide bonds. The van der Waals surface area contributed by atoms with Gasteiger partial charge in [-0.1, -0.05) is 30.0 Å². The maximum absolute atomic E-state index is 12.6. The van der Waals surface area contributed by atoms with Gasteiger partial charge in [0, 0.05) is 11.6 Å². The van der Waals surface area contributed by atoms with Crippen LogP contribution in [0.3, 0.4) is 0 Å². The van der Waals surface area contributed by atoms with Gasteiger partial charge >= 0.3 is 5.97 Å². The minimum Gasteiger partial charge on any atom is -0.457 e. The number of aliphatic imine (C=N–C) groups is 1. The molecule has 1 aliphatic rings. The lowest BCUT2D eigenvalue weighted by molar-refractivity contribution is -0.385. The predicted molar refractivity (Wildman–Crippen MR) is 93.6 cm³/mol. The van der Waals surface area contributed by atoms with Crippen molar-refractivity contribution >= 4 is 28.6 Å². The number of amidine groups is 1. The van der Waals surface area contributed by atoms with Gasteiger partial charge in [-0.25, -0.2) is 9.79 Å². The van der Waals surface area contributed by atoms with E-state index >= 15 is 0 Å². The Bertz CT molecular complexity index is 750. The van der Waals surface area contributed by atoms with E-state index in [1.165, 1.54) is 6.07 Å². The lowest BCUT2D eigenvalue weighted by atomic mass is 10.0. The van der Waals surface area contributed by atoms with Gasteiger partial charge in [-0.3, -0.25) is 10.1 Å². The number of carbonyl (C=O) groups excluding carboxylic acids is 1. The number of nitrogens with zero attached hydrogens (tertiary/aromatic N) is 2. The van der Waals surface area contributed by atoms with Crippen molar-refractivity contribution in [3.05, 3.63) is 51.2 Å². The average molecular weight is 349 g/mol. The first-order chi connectivity index (χ1) is 11.1. The summed E-state index contributed by atoms with van der Waals surface area (Å²) in [6.45, 7) is 6.92. The minimum atomic E-state index is -0.686. The van der Waals surface area contributed by atoms with Crippen LogP contribution in [0.5, 0.6) is 0 Å². The topological polar surface area (TPSA) is 108 Å². The van der Waals surface area contributed by atoms with E-state index < -0.39 is 21.7 Å². The summed E-state index contributed by atoms with van der Waals surface area (Å²) in [5.41, 5.74) is 6.15. The quantitative estimate of drug-likeness (QED) is 0.509. The van der Waals surface area contributed by atoms with Crippen molar-refractivity contribution in [3.8, 4) is 0 Å². The van der Waals surface area contributed by atoms with E-state index in [1.54, 1.807) is 45.9 Å². The molecule has 2 N–H and O–H groups in total. The highest BCUT2D eigenvalue weighted by Crippen LogP contribution is 2.44. The Kier molecular flexibility index (Phi) is 4.98. The first kappa shape index (κ1) is 18.0. The van der Waals surface area contributed by atoms with Crippen molar-refractivity contribution in [1.29, 1.82) is 0 Å². The number of thioether (sulfide) groups is 1. The van der Waals surface area contributed by atoms with Crippen molar-refractivity contribution in [2.45, 2.75) is 38.5 Å². The molecule has 0 aliphatic carbocycles. The van der Waals surface area contributed by atoms with Crippen LogP contribution in [-0.4, -0.2) is 21.7 Å². The number of allylic oxidation sites excluding steroid dienone is 1.